The number of amides is 1. The number of benzene rings is 2. The molecule has 0 atom stereocenters. The number of nitrogens with zero attached hydrogens (tertiary/aromatic N) is 3. The summed E-state index contributed by atoms with van der Waals surface area (Å²) in [6.07, 6.45) is 0. The largest absolute Gasteiger partial charge is 0.490 e. The summed E-state index contributed by atoms with van der Waals surface area (Å²) in [4.78, 5) is 40.6. The van der Waals surface area contributed by atoms with Gasteiger partial charge in [-0.25, -0.2) is 4.98 Å². The Kier molecular flexibility index (Phi) is 7.44. The van der Waals surface area contributed by atoms with Crippen LogP contribution in [0.15, 0.2) is 46.3 Å². The second kappa shape index (κ2) is 10.2. The third-order valence-electron chi connectivity index (χ3n) is 4.67. The van der Waals surface area contributed by atoms with Crippen molar-refractivity contribution in [1.29, 1.82) is 0 Å². The highest BCUT2D eigenvalue weighted by atomic mass is 32.2. The first-order chi connectivity index (χ1) is 15.3. The van der Waals surface area contributed by atoms with Gasteiger partial charge in [0.1, 0.15) is 0 Å². The van der Waals surface area contributed by atoms with Gasteiger partial charge in [-0.1, -0.05) is 23.9 Å². The number of thioether (sulfide) groups is 1. The van der Waals surface area contributed by atoms with Gasteiger partial charge in [0.15, 0.2) is 10.9 Å². The number of methoxy groups -OCH3 is 2. The van der Waals surface area contributed by atoms with Gasteiger partial charge in [0.25, 0.3) is 5.56 Å². The molecule has 0 radical (unpaired) electrons. The number of carbonyl (C=O) groups is 1. The van der Waals surface area contributed by atoms with Gasteiger partial charge in [0, 0.05) is 24.9 Å². The third kappa shape index (κ3) is 5.06. The molecule has 168 valence electrons. The Morgan fingerprint density at radius 3 is 2.72 bits per heavy atom. The third-order valence-corrected chi connectivity index (χ3v) is 5.65. The van der Waals surface area contributed by atoms with Gasteiger partial charge in [0.2, 0.25) is 5.91 Å². The first-order valence-corrected chi connectivity index (χ1v) is 10.6. The number of anilines is 1. The number of carbonyl (C=O) groups excluding carboxylic acids is 1. The van der Waals surface area contributed by atoms with Gasteiger partial charge in [0.05, 0.1) is 41.8 Å². The fourth-order valence-electron chi connectivity index (χ4n) is 3.07. The van der Waals surface area contributed by atoms with Crippen molar-refractivity contribution in [3.05, 3.63) is 62.4 Å². The molecule has 1 N–H and O–H groups in total. The van der Waals surface area contributed by atoms with Crippen LogP contribution in [0.2, 0.25) is 0 Å². The number of ether oxygens (including phenoxy) is 2. The van der Waals surface area contributed by atoms with Crippen LogP contribution in [0.25, 0.3) is 10.9 Å². The zero-order chi connectivity index (χ0) is 23.3. The SMILES string of the molecule is COCCn1c(SCC(=O)Nc2cc(OC)c([N+](=O)[O-])cc2C)nc2ccccc2c1=O. The molecule has 10 nitrogen and oxygen atoms in total. The molecule has 11 heteroatoms. The minimum atomic E-state index is -0.544. The smallest absolute Gasteiger partial charge is 0.311 e. The highest BCUT2D eigenvalue weighted by Crippen LogP contribution is 2.33. The van der Waals surface area contributed by atoms with Crippen molar-refractivity contribution < 1.29 is 19.2 Å². The Morgan fingerprint density at radius 1 is 1.28 bits per heavy atom. The van der Waals surface area contributed by atoms with Crippen LogP contribution in [0.1, 0.15) is 5.56 Å². The molecule has 0 bridgehead atoms. The second-order valence-corrected chi connectivity index (χ2v) is 7.74. The van der Waals surface area contributed by atoms with E-state index in [1.165, 1.54) is 23.8 Å². The predicted molar refractivity (Wildman–Crippen MR) is 122 cm³/mol. The van der Waals surface area contributed by atoms with E-state index in [-0.39, 0.29) is 28.7 Å². The van der Waals surface area contributed by atoms with Gasteiger partial charge in [-0.05, 0) is 24.6 Å². The molecule has 1 heterocycles. The van der Waals surface area contributed by atoms with E-state index in [9.17, 15) is 19.7 Å². The van der Waals surface area contributed by atoms with Gasteiger partial charge in [-0.15, -0.1) is 0 Å². The predicted octanol–water partition coefficient (Wildman–Crippen LogP) is 3.00. The van der Waals surface area contributed by atoms with Crippen molar-refractivity contribution in [2.45, 2.75) is 18.6 Å². The van der Waals surface area contributed by atoms with E-state index >= 15 is 0 Å². The first kappa shape index (κ1) is 23.2. The van der Waals surface area contributed by atoms with Crippen LogP contribution in [-0.2, 0) is 16.1 Å². The molecular weight excluding hydrogens is 436 g/mol. The number of nitro benzene ring substituents is 1. The molecule has 3 rings (SSSR count). The molecule has 0 fully saturated rings. The summed E-state index contributed by atoms with van der Waals surface area (Å²) in [5.41, 5.74) is 1.09. The minimum absolute atomic E-state index is 0.0174. The molecule has 1 aromatic heterocycles. The molecule has 0 saturated carbocycles. The van der Waals surface area contributed by atoms with Crippen LogP contribution < -0.4 is 15.6 Å². The molecule has 0 saturated heterocycles. The Labute approximate surface area is 187 Å². The fraction of sp³-hybridized carbons (Fsp3) is 0.286. The molecule has 32 heavy (non-hydrogen) atoms. The van der Waals surface area contributed by atoms with E-state index in [4.69, 9.17) is 9.47 Å². The summed E-state index contributed by atoms with van der Waals surface area (Å²) in [7, 11) is 2.87. The zero-order valence-electron chi connectivity index (χ0n) is 17.8. The maximum Gasteiger partial charge on any atom is 0.311 e. The molecule has 0 unspecified atom stereocenters. The van der Waals surface area contributed by atoms with Crippen molar-refractivity contribution in [2.24, 2.45) is 0 Å². The lowest BCUT2D eigenvalue weighted by molar-refractivity contribution is -0.385. The van der Waals surface area contributed by atoms with Crippen LogP contribution in [0.5, 0.6) is 5.75 Å². The van der Waals surface area contributed by atoms with Crippen LogP contribution in [0.3, 0.4) is 0 Å². The molecule has 0 aliphatic rings. The number of aryl methyl sites for hydroxylation is 1. The van der Waals surface area contributed by atoms with Gasteiger partial charge >= 0.3 is 5.69 Å². The number of para-hydroxylation sites is 1. The fourth-order valence-corrected chi connectivity index (χ4v) is 3.89. The quantitative estimate of drug-likeness (QED) is 0.224. The summed E-state index contributed by atoms with van der Waals surface area (Å²) < 4.78 is 11.7. The molecule has 0 spiro atoms. The standard InChI is InChI=1S/C21H22N4O6S/c1-13-10-17(25(28)29)18(31-3)11-16(13)22-19(26)12-32-21-23-15-7-5-4-6-14(15)20(27)24(21)8-9-30-2/h4-7,10-11H,8-9,12H2,1-3H3,(H,22,26). The minimum Gasteiger partial charge on any atom is -0.490 e. The van der Waals surface area contributed by atoms with E-state index < -0.39 is 4.92 Å². The average molecular weight is 458 g/mol. The van der Waals surface area contributed by atoms with Crippen molar-refractivity contribution in [3.63, 3.8) is 0 Å². The lowest BCUT2D eigenvalue weighted by Crippen LogP contribution is -2.26. The van der Waals surface area contributed by atoms with Crippen LogP contribution in [-0.4, -0.2) is 47.0 Å². The number of nitrogens with one attached hydrogen (secondary N) is 1. The van der Waals surface area contributed by atoms with Crippen molar-refractivity contribution >= 4 is 39.9 Å². The number of nitro groups is 1. The van der Waals surface area contributed by atoms with Gasteiger partial charge in [-0.2, -0.15) is 0 Å². The lowest BCUT2D eigenvalue weighted by atomic mass is 10.1. The number of hydrogen-bond donors (Lipinski definition) is 1. The zero-order valence-corrected chi connectivity index (χ0v) is 18.6. The van der Waals surface area contributed by atoms with Crippen LogP contribution in [0.4, 0.5) is 11.4 Å². The summed E-state index contributed by atoms with van der Waals surface area (Å²) >= 11 is 1.12. The number of rotatable bonds is 9. The maximum atomic E-state index is 12.9. The highest BCUT2D eigenvalue weighted by molar-refractivity contribution is 7.99. The van der Waals surface area contributed by atoms with Crippen molar-refractivity contribution in [3.8, 4) is 5.75 Å². The van der Waals surface area contributed by atoms with Crippen molar-refractivity contribution in [1.82, 2.24) is 9.55 Å². The Morgan fingerprint density at radius 2 is 2.03 bits per heavy atom. The normalized spacial score (nSPS) is 10.8. The van der Waals surface area contributed by atoms with E-state index in [2.05, 4.69) is 10.3 Å². The van der Waals surface area contributed by atoms with E-state index in [1.807, 2.05) is 0 Å². The second-order valence-electron chi connectivity index (χ2n) is 6.79. The lowest BCUT2D eigenvalue weighted by Gasteiger charge is -2.13. The number of hydrogen-bond acceptors (Lipinski definition) is 8. The molecule has 0 aliphatic carbocycles. The average Bonchev–Trinajstić information content (AvgIpc) is 2.78. The molecule has 0 aliphatic heterocycles. The Hall–Kier alpha value is -3.44. The monoisotopic (exact) mass is 458 g/mol. The highest BCUT2D eigenvalue weighted by Gasteiger charge is 2.19. The Bertz CT molecular complexity index is 1230. The van der Waals surface area contributed by atoms with Crippen LogP contribution in [0, 0.1) is 17.0 Å². The first-order valence-electron chi connectivity index (χ1n) is 9.60. The van der Waals surface area contributed by atoms with Crippen molar-refractivity contribution in [2.75, 3.05) is 31.9 Å². The molecule has 2 aromatic carbocycles. The van der Waals surface area contributed by atoms with Gasteiger partial charge < -0.3 is 14.8 Å². The summed E-state index contributed by atoms with van der Waals surface area (Å²) in [5, 5.41) is 14.8. The molecule has 3 aromatic rings. The van der Waals surface area contributed by atoms with Crippen LogP contribution >= 0.6 is 11.8 Å². The van der Waals surface area contributed by atoms with E-state index in [0.717, 1.165) is 11.8 Å². The van der Waals surface area contributed by atoms with E-state index in [0.29, 0.717) is 40.5 Å². The van der Waals surface area contributed by atoms with Gasteiger partial charge in [-0.3, -0.25) is 24.3 Å². The maximum absolute atomic E-state index is 12.9. The molecule has 1 amide bonds. The van der Waals surface area contributed by atoms with E-state index in [1.54, 1.807) is 38.3 Å². The molecular formula is C21H22N4O6S. The Balaban J connectivity index is 1.82. The number of fused-ring (bicyclic) bond motifs is 1. The summed E-state index contributed by atoms with van der Waals surface area (Å²) in [5.74, 6) is -0.320. The topological polar surface area (TPSA) is 126 Å². The summed E-state index contributed by atoms with van der Waals surface area (Å²) in [6, 6.07) is 9.77. The summed E-state index contributed by atoms with van der Waals surface area (Å²) in [6.45, 7) is 2.28. The number of aromatic nitrogens is 2.